The molecular weight excluding hydrogens is 292 g/mol. The fourth-order valence-electron chi connectivity index (χ4n) is 3.44. The lowest BCUT2D eigenvalue weighted by molar-refractivity contribution is -0.145. The molecule has 0 radical (unpaired) electrons. The number of aliphatic hydroxyl groups excluding tert-OH is 1. The molecule has 5 heteroatoms. The Morgan fingerprint density at radius 3 is 2.57 bits per heavy atom. The van der Waals surface area contributed by atoms with Crippen LogP contribution in [0.25, 0.3) is 10.8 Å². The standard InChI is InChI=1S/C18H18N2O3/c21-14-10-19(11-14)18(23)13-8-17(22)20(9-13)16-7-3-5-12-4-1-2-6-15(12)16/h1-7,13-14,21H,8-11H2. The van der Waals surface area contributed by atoms with E-state index in [9.17, 15) is 14.7 Å². The first-order chi connectivity index (χ1) is 11.1. The molecule has 0 aromatic heterocycles. The van der Waals surface area contributed by atoms with Crippen LogP contribution >= 0.6 is 0 Å². The number of benzene rings is 2. The van der Waals surface area contributed by atoms with Gasteiger partial charge in [0.25, 0.3) is 0 Å². The van der Waals surface area contributed by atoms with Crippen molar-refractivity contribution < 1.29 is 14.7 Å². The Morgan fingerprint density at radius 1 is 1.04 bits per heavy atom. The van der Waals surface area contributed by atoms with Crippen molar-refractivity contribution in [1.82, 2.24) is 4.90 Å². The molecule has 2 aromatic carbocycles. The third-order valence-corrected chi connectivity index (χ3v) is 4.71. The van der Waals surface area contributed by atoms with Crippen LogP contribution in [0.15, 0.2) is 42.5 Å². The van der Waals surface area contributed by atoms with Crippen LogP contribution in [0.3, 0.4) is 0 Å². The number of carbonyl (C=O) groups is 2. The van der Waals surface area contributed by atoms with Crippen LogP contribution in [0.2, 0.25) is 0 Å². The van der Waals surface area contributed by atoms with Crippen LogP contribution in [0, 0.1) is 5.92 Å². The van der Waals surface area contributed by atoms with Gasteiger partial charge in [-0.1, -0.05) is 36.4 Å². The number of hydrogen-bond acceptors (Lipinski definition) is 3. The molecule has 2 heterocycles. The van der Waals surface area contributed by atoms with Crippen LogP contribution in [0.5, 0.6) is 0 Å². The Kier molecular flexibility index (Phi) is 3.31. The minimum atomic E-state index is -0.412. The van der Waals surface area contributed by atoms with Crippen LogP contribution in [-0.4, -0.2) is 47.6 Å². The quantitative estimate of drug-likeness (QED) is 0.912. The van der Waals surface area contributed by atoms with Crippen molar-refractivity contribution in [2.45, 2.75) is 12.5 Å². The summed E-state index contributed by atoms with van der Waals surface area (Å²) in [6.45, 7) is 1.19. The number of hydrogen-bond donors (Lipinski definition) is 1. The summed E-state index contributed by atoms with van der Waals surface area (Å²) in [7, 11) is 0. The summed E-state index contributed by atoms with van der Waals surface area (Å²) >= 11 is 0. The van der Waals surface area contributed by atoms with Gasteiger partial charge in [-0.2, -0.15) is 0 Å². The summed E-state index contributed by atoms with van der Waals surface area (Å²) in [6, 6.07) is 13.8. The summed E-state index contributed by atoms with van der Waals surface area (Å²) in [5.74, 6) is -0.346. The van der Waals surface area contributed by atoms with Crippen molar-refractivity contribution in [3.05, 3.63) is 42.5 Å². The van der Waals surface area contributed by atoms with Crippen LogP contribution in [0.1, 0.15) is 6.42 Å². The molecule has 0 aliphatic carbocycles. The summed E-state index contributed by atoms with van der Waals surface area (Å²) < 4.78 is 0. The molecule has 2 amide bonds. The summed E-state index contributed by atoms with van der Waals surface area (Å²) in [5.41, 5.74) is 0.868. The highest BCUT2D eigenvalue weighted by Gasteiger charge is 2.40. The van der Waals surface area contributed by atoms with Gasteiger partial charge in [0.05, 0.1) is 17.7 Å². The van der Waals surface area contributed by atoms with E-state index < -0.39 is 6.10 Å². The molecule has 2 fully saturated rings. The van der Waals surface area contributed by atoms with Crippen molar-refractivity contribution in [3.63, 3.8) is 0 Å². The molecule has 0 bridgehead atoms. The second kappa shape index (κ2) is 5.35. The molecule has 0 spiro atoms. The largest absolute Gasteiger partial charge is 0.389 e. The summed E-state index contributed by atoms with van der Waals surface area (Å²) in [4.78, 5) is 28.2. The minimum absolute atomic E-state index is 0.0132. The van der Waals surface area contributed by atoms with E-state index in [0.29, 0.717) is 19.6 Å². The van der Waals surface area contributed by atoms with E-state index in [1.807, 2.05) is 42.5 Å². The number of rotatable bonds is 2. The van der Waals surface area contributed by atoms with Crippen molar-refractivity contribution in [2.24, 2.45) is 5.92 Å². The Hall–Kier alpha value is -2.40. The third kappa shape index (κ3) is 2.37. The third-order valence-electron chi connectivity index (χ3n) is 4.71. The van der Waals surface area contributed by atoms with Gasteiger partial charge in [0.1, 0.15) is 0 Å². The predicted molar refractivity (Wildman–Crippen MR) is 87.0 cm³/mol. The number of likely N-dealkylation sites (tertiary alicyclic amines) is 1. The second-order valence-electron chi connectivity index (χ2n) is 6.30. The van der Waals surface area contributed by atoms with Crippen molar-refractivity contribution in [3.8, 4) is 0 Å². The number of nitrogens with zero attached hydrogens (tertiary/aromatic N) is 2. The van der Waals surface area contributed by atoms with Gasteiger partial charge in [0, 0.05) is 31.4 Å². The molecular formula is C18H18N2O3. The predicted octanol–water partition coefficient (Wildman–Crippen LogP) is 1.40. The molecule has 118 valence electrons. The van der Waals surface area contributed by atoms with E-state index in [0.717, 1.165) is 16.5 Å². The highest BCUT2D eigenvalue weighted by molar-refractivity contribution is 6.07. The van der Waals surface area contributed by atoms with E-state index in [4.69, 9.17) is 0 Å². The monoisotopic (exact) mass is 310 g/mol. The average Bonchev–Trinajstić information content (AvgIpc) is 2.92. The molecule has 4 rings (SSSR count). The Balaban J connectivity index is 1.60. The maximum absolute atomic E-state index is 12.4. The van der Waals surface area contributed by atoms with E-state index in [1.165, 1.54) is 0 Å². The summed E-state index contributed by atoms with van der Waals surface area (Å²) in [6.07, 6.45) is -0.167. The summed E-state index contributed by atoms with van der Waals surface area (Å²) in [5, 5.41) is 11.4. The van der Waals surface area contributed by atoms with Gasteiger partial charge >= 0.3 is 0 Å². The first kappa shape index (κ1) is 14.2. The zero-order valence-electron chi connectivity index (χ0n) is 12.7. The minimum Gasteiger partial charge on any atom is -0.389 e. The van der Waals surface area contributed by atoms with Gasteiger partial charge in [0.2, 0.25) is 11.8 Å². The average molecular weight is 310 g/mol. The molecule has 0 saturated carbocycles. The number of amides is 2. The normalized spacial score (nSPS) is 21.8. The lowest BCUT2D eigenvalue weighted by atomic mass is 10.0. The molecule has 1 unspecified atom stereocenters. The first-order valence-electron chi connectivity index (χ1n) is 7.88. The van der Waals surface area contributed by atoms with Gasteiger partial charge < -0.3 is 14.9 Å². The lowest BCUT2D eigenvalue weighted by Gasteiger charge is -2.37. The number of fused-ring (bicyclic) bond motifs is 1. The maximum atomic E-state index is 12.4. The van der Waals surface area contributed by atoms with Gasteiger partial charge in [-0.25, -0.2) is 0 Å². The number of carbonyl (C=O) groups excluding carboxylic acids is 2. The van der Waals surface area contributed by atoms with Gasteiger partial charge in [-0.3, -0.25) is 9.59 Å². The van der Waals surface area contributed by atoms with E-state index in [2.05, 4.69) is 0 Å². The zero-order chi connectivity index (χ0) is 16.0. The molecule has 1 N–H and O–H groups in total. The topological polar surface area (TPSA) is 60.9 Å². The molecule has 2 aliphatic heterocycles. The fraction of sp³-hybridized carbons (Fsp3) is 0.333. The smallest absolute Gasteiger partial charge is 0.228 e. The van der Waals surface area contributed by atoms with Gasteiger partial charge in [-0.15, -0.1) is 0 Å². The Morgan fingerprint density at radius 2 is 1.78 bits per heavy atom. The van der Waals surface area contributed by atoms with Crippen molar-refractivity contribution in [2.75, 3.05) is 24.5 Å². The SMILES string of the molecule is O=C(C1CC(=O)N(c2cccc3ccccc23)C1)N1CC(O)C1. The first-order valence-corrected chi connectivity index (χ1v) is 7.88. The molecule has 1 atom stereocenters. The van der Waals surface area contributed by atoms with Crippen LogP contribution in [-0.2, 0) is 9.59 Å². The highest BCUT2D eigenvalue weighted by Crippen LogP contribution is 2.32. The van der Waals surface area contributed by atoms with Gasteiger partial charge in [-0.05, 0) is 11.5 Å². The zero-order valence-corrected chi connectivity index (χ0v) is 12.7. The van der Waals surface area contributed by atoms with Gasteiger partial charge in [0.15, 0.2) is 0 Å². The molecule has 2 aromatic rings. The molecule has 2 aliphatic rings. The van der Waals surface area contributed by atoms with Crippen molar-refractivity contribution >= 4 is 28.3 Å². The Bertz CT molecular complexity index is 777. The second-order valence-corrected chi connectivity index (χ2v) is 6.30. The molecule has 5 nitrogen and oxygen atoms in total. The molecule has 23 heavy (non-hydrogen) atoms. The number of anilines is 1. The Labute approximate surface area is 134 Å². The van der Waals surface area contributed by atoms with E-state index >= 15 is 0 Å². The number of β-amino-alcohol motifs (C(OH)–C–C–N with tert-alkyl or cyclic N) is 1. The molecule has 2 saturated heterocycles. The van der Waals surface area contributed by atoms with E-state index in [1.54, 1.807) is 9.80 Å². The van der Waals surface area contributed by atoms with Crippen LogP contribution in [0.4, 0.5) is 5.69 Å². The highest BCUT2D eigenvalue weighted by atomic mass is 16.3. The lowest BCUT2D eigenvalue weighted by Crippen LogP contribution is -2.55. The number of aliphatic hydroxyl groups is 1. The maximum Gasteiger partial charge on any atom is 0.228 e. The van der Waals surface area contributed by atoms with Crippen molar-refractivity contribution in [1.29, 1.82) is 0 Å². The van der Waals surface area contributed by atoms with E-state index in [-0.39, 0.29) is 24.2 Å². The fourth-order valence-corrected chi connectivity index (χ4v) is 3.44. The van der Waals surface area contributed by atoms with Crippen LogP contribution < -0.4 is 4.90 Å².